The van der Waals surface area contributed by atoms with Gasteiger partial charge in [-0.2, -0.15) is 5.10 Å². The number of fused-ring (bicyclic) bond motifs is 1. The molecule has 0 saturated heterocycles. The van der Waals surface area contributed by atoms with Gasteiger partial charge in [0, 0.05) is 5.92 Å². The lowest BCUT2D eigenvalue weighted by Crippen LogP contribution is -2.34. The van der Waals surface area contributed by atoms with Crippen molar-refractivity contribution in [3.8, 4) is 0 Å². The van der Waals surface area contributed by atoms with E-state index in [9.17, 15) is 18.4 Å². The molecule has 3 aromatic rings. The summed E-state index contributed by atoms with van der Waals surface area (Å²) in [4.78, 5) is 25.8. The topological polar surface area (TPSA) is 59.0 Å². The van der Waals surface area contributed by atoms with Gasteiger partial charge in [0.25, 0.3) is 5.91 Å². The van der Waals surface area contributed by atoms with Gasteiger partial charge in [-0.3, -0.25) is 4.79 Å². The van der Waals surface area contributed by atoms with Gasteiger partial charge in [0.1, 0.15) is 11.6 Å². The number of rotatable bonds is 5. The Labute approximate surface area is 214 Å². The molecule has 1 aliphatic carbocycles. The number of nitrogens with zero attached hydrogens (tertiary/aromatic N) is 2. The SMILES string of the molecule is Cc1ccc(C(=O)OCC(=O)N2N=C3C(=Cc4ccc(F)cc4)CCCC3C2c2ccc(F)cc2)cc1. The van der Waals surface area contributed by atoms with Crippen LogP contribution in [0.15, 0.2) is 83.5 Å². The minimum atomic E-state index is -0.590. The Morgan fingerprint density at radius 3 is 2.30 bits per heavy atom. The van der Waals surface area contributed by atoms with Crippen LogP contribution in [0.3, 0.4) is 0 Å². The highest BCUT2D eigenvalue weighted by Gasteiger charge is 2.43. The summed E-state index contributed by atoms with van der Waals surface area (Å²) >= 11 is 0. The first-order valence-electron chi connectivity index (χ1n) is 12.3. The molecule has 3 aromatic carbocycles. The minimum absolute atomic E-state index is 0.0948. The van der Waals surface area contributed by atoms with Gasteiger partial charge < -0.3 is 4.74 Å². The molecule has 5 nitrogen and oxygen atoms in total. The molecule has 1 aliphatic heterocycles. The smallest absolute Gasteiger partial charge is 0.338 e. The Morgan fingerprint density at radius 2 is 1.62 bits per heavy atom. The zero-order valence-electron chi connectivity index (χ0n) is 20.4. The minimum Gasteiger partial charge on any atom is -0.452 e. The summed E-state index contributed by atoms with van der Waals surface area (Å²) in [7, 11) is 0. The van der Waals surface area contributed by atoms with Crippen molar-refractivity contribution in [2.45, 2.75) is 32.2 Å². The molecule has 1 saturated carbocycles. The second-order valence-corrected chi connectivity index (χ2v) is 9.38. The summed E-state index contributed by atoms with van der Waals surface area (Å²) in [6.07, 6.45) is 4.43. The summed E-state index contributed by atoms with van der Waals surface area (Å²) in [5, 5.41) is 6.10. The number of benzene rings is 3. The van der Waals surface area contributed by atoms with E-state index >= 15 is 0 Å². The molecular formula is C30H26F2N2O3. The number of hydrogen-bond acceptors (Lipinski definition) is 4. The van der Waals surface area contributed by atoms with E-state index < -0.39 is 24.5 Å². The monoisotopic (exact) mass is 500 g/mol. The summed E-state index contributed by atoms with van der Waals surface area (Å²) in [5.74, 6) is -1.82. The van der Waals surface area contributed by atoms with Crippen LogP contribution in [0.1, 0.15) is 52.4 Å². The molecule has 188 valence electrons. The third kappa shape index (κ3) is 5.35. The molecule has 37 heavy (non-hydrogen) atoms. The normalized spacial score (nSPS) is 19.9. The van der Waals surface area contributed by atoms with Crippen LogP contribution in [0.2, 0.25) is 0 Å². The molecule has 1 amide bonds. The molecule has 0 N–H and O–H groups in total. The summed E-state index contributed by atoms with van der Waals surface area (Å²) in [6.45, 7) is 1.45. The maximum Gasteiger partial charge on any atom is 0.338 e. The average molecular weight is 501 g/mol. The van der Waals surface area contributed by atoms with E-state index in [0.29, 0.717) is 5.56 Å². The number of hydrazone groups is 1. The first-order valence-corrected chi connectivity index (χ1v) is 12.3. The Kier molecular flexibility index (Phi) is 6.95. The van der Waals surface area contributed by atoms with E-state index in [2.05, 4.69) is 0 Å². The van der Waals surface area contributed by atoms with Gasteiger partial charge in [0.15, 0.2) is 6.61 Å². The number of amides is 1. The Balaban J connectivity index is 1.43. The molecule has 7 heteroatoms. The molecule has 2 unspecified atom stereocenters. The van der Waals surface area contributed by atoms with Crippen LogP contribution in [0.25, 0.3) is 6.08 Å². The first-order chi connectivity index (χ1) is 17.9. The number of halogens is 2. The lowest BCUT2D eigenvalue weighted by Gasteiger charge is -2.29. The van der Waals surface area contributed by atoms with Gasteiger partial charge in [0.2, 0.25) is 0 Å². The number of carbonyl (C=O) groups excluding carboxylic acids is 2. The number of allylic oxidation sites excluding steroid dienone is 1. The number of hydrogen-bond donors (Lipinski definition) is 0. The molecule has 0 bridgehead atoms. The number of ether oxygens (including phenoxy) is 1. The first kappa shape index (κ1) is 24.6. The van der Waals surface area contributed by atoms with E-state index in [4.69, 9.17) is 9.84 Å². The van der Waals surface area contributed by atoms with Crippen molar-refractivity contribution in [2.24, 2.45) is 11.0 Å². The molecule has 0 spiro atoms. The summed E-state index contributed by atoms with van der Waals surface area (Å²) < 4.78 is 32.4. The van der Waals surface area contributed by atoms with Crippen LogP contribution in [0, 0.1) is 24.5 Å². The van der Waals surface area contributed by atoms with E-state index in [1.807, 2.05) is 13.0 Å². The quantitative estimate of drug-likeness (QED) is 0.389. The lowest BCUT2D eigenvalue weighted by molar-refractivity contribution is -0.137. The molecule has 1 fully saturated rings. The van der Waals surface area contributed by atoms with Gasteiger partial charge in [-0.05, 0) is 85.4 Å². The van der Waals surface area contributed by atoms with Gasteiger partial charge >= 0.3 is 5.97 Å². The second kappa shape index (κ2) is 10.5. The highest BCUT2D eigenvalue weighted by molar-refractivity contribution is 6.08. The number of esters is 1. The predicted octanol–water partition coefficient (Wildman–Crippen LogP) is 6.25. The van der Waals surface area contributed by atoms with Crippen molar-refractivity contribution >= 4 is 23.7 Å². The Bertz CT molecular complexity index is 1360. The van der Waals surface area contributed by atoms with Crippen LogP contribution in [0.4, 0.5) is 8.78 Å². The highest BCUT2D eigenvalue weighted by atomic mass is 19.1. The van der Waals surface area contributed by atoms with E-state index in [0.717, 1.165) is 47.2 Å². The number of carbonyl (C=O) groups is 2. The van der Waals surface area contributed by atoms with Crippen molar-refractivity contribution < 1.29 is 23.1 Å². The third-order valence-electron chi connectivity index (χ3n) is 6.79. The summed E-state index contributed by atoms with van der Waals surface area (Å²) in [5.41, 5.74) is 4.72. The fourth-order valence-electron chi connectivity index (χ4n) is 4.93. The zero-order valence-corrected chi connectivity index (χ0v) is 20.4. The number of aryl methyl sites for hydroxylation is 1. The predicted molar refractivity (Wildman–Crippen MR) is 137 cm³/mol. The maximum atomic E-state index is 13.7. The summed E-state index contributed by atoms with van der Waals surface area (Å²) in [6, 6.07) is 18.7. The van der Waals surface area contributed by atoms with E-state index in [1.165, 1.54) is 29.3 Å². The van der Waals surface area contributed by atoms with Gasteiger partial charge in [0.05, 0.1) is 17.3 Å². The average Bonchev–Trinajstić information content (AvgIpc) is 3.30. The molecule has 0 radical (unpaired) electrons. The van der Waals surface area contributed by atoms with Crippen molar-refractivity contribution in [1.29, 1.82) is 0 Å². The van der Waals surface area contributed by atoms with Crippen molar-refractivity contribution in [1.82, 2.24) is 5.01 Å². The fraction of sp³-hybridized carbons (Fsp3) is 0.233. The standard InChI is InChI=1S/C30H26F2N2O3/c1-19-5-9-22(10-6-19)30(36)37-18-27(35)34-29(21-11-15-25(32)16-12-21)26-4-2-3-23(28(26)33-34)17-20-7-13-24(31)14-8-20/h5-17,26,29H,2-4,18H2,1H3. The maximum absolute atomic E-state index is 13.7. The van der Waals surface area contributed by atoms with Gasteiger partial charge in [-0.1, -0.05) is 42.0 Å². The van der Waals surface area contributed by atoms with Crippen LogP contribution in [-0.2, 0) is 9.53 Å². The second-order valence-electron chi connectivity index (χ2n) is 9.38. The van der Waals surface area contributed by atoms with Gasteiger partial charge in [-0.15, -0.1) is 0 Å². The Hall–Kier alpha value is -4.13. The van der Waals surface area contributed by atoms with E-state index in [1.54, 1.807) is 48.5 Å². The van der Waals surface area contributed by atoms with Gasteiger partial charge in [-0.25, -0.2) is 18.6 Å². The van der Waals surface area contributed by atoms with Crippen molar-refractivity contribution in [2.75, 3.05) is 6.61 Å². The molecule has 5 rings (SSSR count). The molecular weight excluding hydrogens is 474 g/mol. The lowest BCUT2D eigenvalue weighted by atomic mass is 9.77. The molecule has 0 aromatic heterocycles. The highest BCUT2D eigenvalue weighted by Crippen LogP contribution is 2.44. The zero-order chi connectivity index (χ0) is 25.9. The van der Waals surface area contributed by atoms with Crippen molar-refractivity contribution in [3.63, 3.8) is 0 Å². The van der Waals surface area contributed by atoms with Crippen LogP contribution in [0.5, 0.6) is 0 Å². The third-order valence-corrected chi connectivity index (χ3v) is 6.79. The fourth-order valence-corrected chi connectivity index (χ4v) is 4.93. The Morgan fingerprint density at radius 1 is 0.973 bits per heavy atom. The molecule has 2 aliphatic rings. The van der Waals surface area contributed by atoms with Crippen LogP contribution < -0.4 is 0 Å². The van der Waals surface area contributed by atoms with Crippen molar-refractivity contribution in [3.05, 3.63) is 112 Å². The van der Waals surface area contributed by atoms with Crippen LogP contribution in [-0.4, -0.2) is 29.2 Å². The van der Waals surface area contributed by atoms with Crippen LogP contribution >= 0.6 is 0 Å². The largest absolute Gasteiger partial charge is 0.452 e. The molecule has 1 heterocycles. The van der Waals surface area contributed by atoms with E-state index in [-0.39, 0.29) is 17.6 Å². The molecule has 2 atom stereocenters.